The Hall–Kier alpha value is -3.39. The number of hydrogen-bond acceptors (Lipinski definition) is 6. The summed E-state index contributed by atoms with van der Waals surface area (Å²) in [7, 11) is 0. The van der Waals surface area contributed by atoms with Crippen LogP contribution in [0.15, 0.2) is 48.5 Å². The molecule has 164 valence electrons. The topological polar surface area (TPSA) is 111 Å². The second-order valence-electron chi connectivity index (χ2n) is 6.98. The molecule has 0 bridgehead atoms. The van der Waals surface area contributed by atoms with Crippen LogP contribution >= 0.6 is 0 Å². The van der Waals surface area contributed by atoms with E-state index in [9.17, 15) is 14.4 Å². The van der Waals surface area contributed by atoms with Gasteiger partial charge in [-0.3, -0.25) is 9.59 Å². The Morgan fingerprint density at radius 1 is 0.839 bits per heavy atom. The van der Waals surface area contributed by atoms with Gasteiger partial charge in [-0.25, -0.2) is 4.79 Å². The Labute approximate surface area is 180 Å². The monoisotopic (exact) mass is 427 g/mol. The largest absolute Gasteiger partial charge is 0.481 e. The predicted octanol–water partition coefficient (Wildman–Crippen LogP) is 2.95. The molecule has 0 aromatic heterocycles. The number of amides is 1. The second-order valence-corrected chi connectivity index (χ2v) is 6.98. The molecule has 1 aliphatic carbocycles. The molecule has 2 N–H and O–H groups in total. The van der Waals surface area contributed by atoms with Crippen molar-refractivity contribution in [3.05, 3.63) is 59.7 Å². The van der Waals surface area contributed by atoms with Gasteiger partial charge in [0.25, 0.3) is 0 Å². The molecule has 0 heterocycles. The molecule has 0 saturated heterocycles. The number of benzene rings is 2. The molecule has 8 heteroatoms. The predicted molar refractivity (Wildman–Crippen MR) is 112 cm³/mol. The number of carboxylic acid groups (broad SMARTS) is 1. The van der Waals surface area contributed by atoms with E-state index in [0.717, 1.165) is 11.1 Å². The maximum Gasteiger partial charge on any atom is 0.407 e. The van der Waals surface area contributed by atoms with Gasteiger partial charge in [-0.15, -0.1) is 0 Å². The average molecular weight is 427 g/mol. The van der Waals surface area contributed by atoms with Crippen LogP contribution in [-0.2, 0) is 23.8 Å². The lowest BCUT2D eigenvalue weighted by Gasteiger charge is -2.14. The Bertz CT molecular complexity index is 882. The molecule has 0 spiro atoms. The van der Waals surface area contributed by atoms with E-state index in [1.54, 1.807) is 0 Å². The number of hydrogen-bond donors (Lipinski definition) is 2. The van der Waals surface area contributed by atoms with Crippen LogP contribution in [0.4, 0.5) is 4.79 Å². The maximum absolute atomic E-state index is 12.0. The molecule has 8 nitrogen and oxygen atoms in total. The molecule has 0 unspecified atom stereocenters. The molecule has 2 aromatic carbocycles. The molecule has 1 amide bonds. The quantitative estimate of drug-likeness (QED) is 0.419. The van der Waals surface area contributed by atoms with E-state index in [0.29, 0.717) is 0 Å². The van der Waals surface area contributed by atoms with Crippen molar-refractivity contribution in [2.24, 2.45) is 0 Å². The molecule has 0 saturated carbocycles. The summed E-state index contributed by atoms with van der Waals surface area (Å²) in [4.78, 5) is 33.6. The van der Waals surface area contributed by atoms with Gasteiger partial charge in [0.15, 0.2) is 0 Å². The van der Waals surface area contributed by atoms with Crippen LogP contribution in [0.5, 0.6) is 0 Å². The molecular formula is C23H25NO7. The molecule has 0 radical (unpaired) electrons. The number of aliphatic carboxylic acids is 1. The first-order valence-electron chi connectivity index (χ1n) is 10.1. The summed E-state index contributed by atoms with van der Waals surface area (Å²) in [6.07, 6.45) is -0.951. The molecule has 31 heavy (non-hydrogen) atoms. The summed E-state index contributed by atoms with van der Waals surface area (Å²) >= 11 is 0. The van der Waals surface area contributed by atoms with Crippen LogP contribution in [0, 0.1) is 0 Å². The third kappa shape index (κ3) is 6.29. The zero-order valence-corrected chi connectivity index (χ0v) is 17.0. The van der Waals surface area contributed by atoms with Gasteiger partial charge in [-0.05, 0) is 22.3 Å². The first kappa shape index (κ1) is 22.3. The number of rotatable bonds is 11. The summed E-state index contributed by atoms with van der Waals surface area (Å²) < 4.78 is 15.5. The lowest BCUT2D eigenvalue weighted by Crippen LogP contribution is -2.29. The zero-order valence-electron chi connectivity index (χ0n) is 17.0. The lowest BCUT2D eigenvalue weighted by atomic mass is 9.98. The first-order valence-corrected chi connectivity index (χ1v) is 10.1. The van der Waals surface area contributed by atoms with E-state index in [2.05, 4.69) is 29.6 Å². The second kappa shape index (κ2) is 11.1. The van der Waals surface area contributed by atoms with Gasteiger partial charge in [0.1, 0.15) is 13.2 Å². The Morgan fingerprint density at radius 2 is 1.48 bits per heavy atom. The first-order chi connectivity index (χ1) is 15.1. The van der Waals surface area contributed by atoms with Crippen LogP contribution < -0.4 is 5.32 Å². The smallest absolute Gasteiger partial charge is 0.407 e. The third-order valence-corrected chi connectivity index (χ3v) is 4.89. The minimum absolute atomic E-state index is 0.00483. The maximum atomic E-state index is 12.0. The van der Waals surface area contributed by atoms with Crippen molar-refractivity contribution in [3.8, 4) is 11.1 Å². The molecular weight excluding hydrogens is 402 g/mol. The van der Waals surface area contributed by atoms with E-state index >= 15 is 0 Å². The Morgan fingerprint density at radius 3 is 2.13 bits per heavy atom. The molecule has 2 aromatic rings. The Kier molecular flexibility index (Phi) is 8.00. The average Bonchev–Trinajstić information content (AvgIpc) is 3.09. The number of esters is 1. The van der Waals surface area contributed by atoms with E-state index in [4.69, 9.17) is 19.3 Å². The van der Waals surface area contributed by atoms with Crippen LogP contribution in [0.3, 0.4) is 0 Å². The van der Waals surface area contributed by atoms with Crippen LogP contribution in [0.25, 0.3) is 11.1 Å². The third-order valence-electron chi connectivity index (χ3n) is 4.89. The summed E-state index contributed by atoms with van der Waals surface area (Å²) in [6, 6.07) is 16.2. The van der Waals surface area contributed by atoms with E-state index in [-0.39, 0.29) is 51.7 Å². The Balaban J connectivity index is 1.32. The van der Waals surface area contributed by atoms with Gasteiger partial charge in [-0.2, -0.15) is 0 Å². The highest BCUT2D eigenvalue weighted by atomic mass is 16.6. The number of fused-ring (bicyclic) bond motifs is 3. The standard InChI is InChI=1S/C23H25NO7/c25-21(26)9-10-22(27)30-14-13-29-12-11-24-23(28)31-15-20-18-7-3-1-5-16(18)17-6-2-4-8-19(17)20/h1-8,20H,9-15H2,(H,24,28)(H,25,26). The van der Waals surface area contributed by atoms with Crippen molar-refractivity contribution >= 4 is 18.0 Å². The number of carbonyl (C=O) groups excluding carboxylic acids is 2. The van der Waals surface area contributed by atoms with Crippen LogP contribution in [0.1, 0.15) is 29.9 Å². The van der Waals surface area contributed by atoms with Gasteiger partial charge in [0.05, 0.1) is 26.1 Å². The van der Waals surface area contributed by atoms with Crippen molar-refractivity contribution in [3.63, 3.8) is 0 Å². The normalized spacial score (nSPS) is 12.0. The minimum Gasteiger partial charge on any atom is -0.481 e. The number of ether oxygens (including phenoxy) is 3. The lowest BCUT2D eigenvalue weighted by molar-refractivity contribution is -0.148. The van der Waals surface area contributed by atoms with E-state index in [1.807, 2.05) is 24.3 Å². The minimum atomic E-state index is -1.05. The van der Waals surface area contributed by atoms with Crippen molar-refractivity contribution in [2.75, 3.05) is 33.0 Å². The van der Waals surface area contributed by atoms with Crippen molar-refractivity contribution in [1.29, 1.82) is 0 Å². The van der Waals surface area contributed by atoms with Gasteiger partial charge >= 0.3 is 18.0 Å². The number of alkyl carbamates (subject to hydrolysis) is 1. The molecule has 3 rings (SSSR count). The van der Waals surface area contributed by atoms with Crippen molar-refractivity contribution in [2.45, 2.75) is 18.8 Å². The molecule has 0 aliphatic heterocycles. The number of carbonyl (C=O) groups is 3. The number of carboxylic acids is 1. The fourth-order valence-corrected chi connectivity index (χ4v) is 3.47. The summed E-state index contributed by atoms with van der Waals surface area (Å²) in [5.41, 5.74) is 4.64. The summed E-state index contributed by atoms with van der Waals surface area (Å²) in [5, 5.41) is 11.1. The highest BCUT2D eigenvalue weighted by Crippen LogP contribution is 2.44. The van der Waals surface area contributed by atoms with Crippen molar-refractivity contribution < 1.29 is 33.7 Å². The van der Waals surface area contributed by atoms with Gasteiger partial charge in [-0.1, -0.05) is 48.5 Å². The highest BCUT2D eigenvalue weighted by Gasteiger charge is 2.28. The fraction of sp³-hybridized carbons (Fsp3) is 0.348. The zero-order chi connectivity index (χ0) is 22.1. The summed E-state index contributed by atoms with van der Waals surface area (Å²) in [6.45, 7) is 0.919. The van der Waals surface area contributed by atoms with Gasteiger partial charge in [0, 0.05) is 12.5 Å². The van der Waals surface area contributed by atoms with Crippen molar-refractivity contribution in [1.82, 2.24) is 5.32 Å². The summed E-state index contributed by atoms with van der Waals surface area (Å²) in [5.74, 6) is -1.62. The van der Waals surface area contributed by atoms with Gasteiger partial charge in [0.2, 0.25) is 0 Å². The highest BCUT2D eigenvalue weighted by molar-refractivity contribution is 5.79. The van der Waals surface area contributed by atoms with Crippen LogP contribution in [0.2, 0.25) is 0 Å². The number of nitrogens with one attached hydrogen (secondary N) is 1. The SMILES string of the molecule is O=C(O)CCC(=O)OCCOCCNC(=O)OCC1c2ccccc2-c2ccccc21. The molecule has 1 aliphatic rings. The molecule has 0 fully saturated rings. The van der Waals surface area contributed by atoms with Gasteiger partial charge < -0.3 is 24.6 Å². The molecule has 0 atom stereocenters. The van der Waals surface area contributed by atoms with Crippen LogP contribution in [-0.4, -0.2) is 56.1 Å². The fourth-order valence-electron chi connectivity index (χ4n) is 3.47. The van der Waals surface area contributed by atoms with E-state index < -0.39 is 18.0 Å². The van der Waals surface area contributed by atoms with E-state index in [1.165, 1.54) is 11.1 Å².